The van der Waals surface area contributed by atoms with Crippen LogP contribution in [0.5, 0.6) is 0 Å². The number of primary amides is 1. The molecular formula is C12H17N3O5S. The van der Waals surface area contributed by atoms with E-state index in [-0.39, 0.29) is 16.6 Å². The Bertz CT molecular complexity index is 700. The highest BCUT2D eigenvalue weighted by atomic mass is 32.2. The highest BCUT2D eigenvalue weighted by molar-refractivity contribution is 7.89. The normalized spacial score (nSPS) is 15.9. The van der Waals surface area contributed by atoms with E-state index in [9.17, 15) is 18.0 Å². The summed E-state index contributed by atoms with van der Waals surface area (Å²) in [5.41, 5.74) is 3.58. The number of rotatable bonds is 6. The lowest BCUT2D eigenvalue weighted by molar-refractivity contribution is -0.122. The first kappa shape index (κ1) is 15.5. The second-order valence-electron chi connectivity index (χ2n) is 5.60. The van der Waals surface area contributed by atoms with Gasteiger partial charge in [-0.3, -0.25) is 4.79 Å². The molecule has 0 unspecified atom stereocenters. The minimum Gasteiger partial charge on any atom is -0.477 e. The van der Waals surface area contributed by atoms with Crippen LogP contribution in [-0.4, -0.2) is 35.5 Å². The smallest absolute Gasteiger partial charge is 0.352 e. The van der Waals surface area contributed by atoms with Crippen molar-refractivity contribution in [3.05, 3.63) is 18.0 Å². The van der Waals surface area contributed by atoms with Gasteiger partial charge >= 0.3 is 5.97 Å². The van der Waals surface area contributed by atoms with Gasteiger partial charge in [0, 0.05) is 12.2 Å². The van der Waals surface area contributed by atoms with Gasteiger partial charge < -0.3 is 15.4 Å². The molecule has 21 heavy (non-hydrogen) atoms. The van der Waals surface area contributed by atoms with Gasteiger partial charge in [0.15, 0.2) is 0 Å². The Morgan fingerprint density at radius 3 is 2.43 bits per heavy atom. The molecule has 1 saturated carbocycles. The fraction of sp³-hybridized carbons (Fsp3) is 0.500. The Hall–Kier alpha value is -1.87. The molecule has 0 bridgehead atoms. The number of nitrogens with two attached hydrogens (primary N) is 1. The van der Waals surface area contributed by atoms with Crippen molar-refractivity contribution >= 4 is 21.9 Å². The van der Waals surface area contributed by atoms with Crippen LogP contribution in [0.3, 0.4) is 0 Å². The lowest BCUT2D eigenvalue weighted by atomic mass is 10.1. The molecule has 4 N–H and O–H groups in total. The van der Waals surface area contributed by atoms with E-state index < -0.39 is 27.4 Å². The van der Waals surface area contributed by atoms with Gasteiger partial charge in [0.25, 0.3) is 0 Å². The zero-order valence-corrected chi connectivity index (χ0v) is 12.5. The molecule has 1 aliphatic rings. The number of carboxylic acid groups (broad SMARTS) is 1. The van der Waals surface area contributed by atoms with Crippen LogP contribution in [0.15, 0.2) is 17.2 Å². The minimum absolute atomic E-state index is 0.0178. The van der Waals surface area contributed by atoms with E-state index in [4.69, 9.17) is 10.8 Å². The molecule has 0 aliphatic heterocycles. The molecule has 0 atom stereocenters. The lowest BCUT2D eigenvalue weighted by Crippen LogP contribution is -2.52. The summed E-state index contributed by atoms with van der Waals surface area (Å²) >= 11 is 0. The molecule has 1 amide bonds. The molecule has 0 saturated heterocycles. The van der Waals surface area contributed by atoms with Crippen molar-refractivity contribution in [2.75, 3.05) is 0 Å². The molecule has 0 spiro atoms. The van der Waals surface area contributed by atoms with Gasteiger partial charge in [-0.25, -0.2) is 13.2 Å². The molecule has 116 valence electrons. The van der Waals surface area contributed by atoms with Crippen LogP contribution in [0.2, 0.25) is 0 Å². The monoisotopic (exact) mass is 315 g/mol. The van der Waals surface area contributed by atoms with Crippen molar-refractivity contribution < 1.29 is 23.1 Å². The van der Waals surface area contributed by atoms with Crippen molar-refractivity contribution in [1.29, 1.82) is 0 Å². The largest absolute Gasteiger partial charge is 0.477 e. The number of aromatic nitrogens is 1. The van der Waals surface area contributed by atoms with Crippen LogP contribution in [0, 0.1) is 0 Å². The quantitative estimate of drug-likeness (QED) is 0.683. The third kappa shape index (κ3) is 3.08. The van der Waals surface area contributed by atoms with E-state index >= 15 is 0 Å². The zero-order valence-electron chi connectivity index (χ0n) is 11.7. The topological polar surface area (TPSA) is 131 Å². The van der Waals surface area contributed by atoms with Crippen LogP contribution in [0.4, 0.5) is 0 Å². The molecule has 1 aliphatic carbocycles. The van der Waals surface area contributed by atoms with E-state index in [1.54, 1.807) is 0 Å². The number of amides is 1. The van der Waals surface area contributed by atoms with Crippen molar-refractivity contribution in [2.45, 2.75) is 43.2 Å². The molecule has 8 nitrogen and oxygen atoms in total. The van der Waals surface area contributed by atoms with Gasteiger partial charge in [-0.1, -0.05) is 0 Å². The van der Waals surface area contributed by atoms with Gasteiger partial charge in [0.2, 0.25) is 15.9 Å². The highest BCUT2D eigenvalue weighted by Gasteiger charge is 2.34. The highest BCUT2D eigenvalue weighted by Crippen LogP contribution is 2.37. The Kier molecular flexibility index (Phi) is 3.58. The number of carbonyl (C=O) groups excluding carboxylic acids is 1. The molecule has 0 radical (unpaired) electrons. The number of carboxylic acids is 1. The first-order chi connectivity index (χ1) is 9.54. The summed E-state index contributed by atoms with van der Waals surface area (Å²) in [5.74, 6) is -2.02. The van der Waals surface area contributed by atoms with E-state index in [2.05, 4.69) is 4.72 Å². The van der Waals surface area contributed by atoms with Crippen LogP contribution in [0.1, 0.15) is 43.2 Å². The Morgan fingerprint density at radius 2 is 2.00 bits per heavy atom. The number of aromatic carboxylic acids is 1. The van der Waals surface area contributed by atoms with E-state index in [0.717, 1.165) is 18.9 Å². The number of hydrogen-bond acceptors (Lipinski definition) is 4. The number of sulfonamides is 1. The molecule has 1 fully saturated rings. The average Bonchev–Trinajstić information content (AvgIpc) is 3.05. The maximum Gasteiger partial charge on any atom is 0.352 e. The summed E-state index contributed by atoms with van der Waals surface area (Å²) in [6.45, 7) is 2.67. The van der Waals surface area contributed by atoms with E-state index in [1.165, 1.54) is 24.6 Å². The summed E-state index contributed by atoms with van der Waals surface area (Å²) in [4.78, 5) is 22.2. The summed E-state index contributed by atoms with van der Waals surface area (Å²) in [6.07, 6.45) is 2.91. The van der Waals surface area contributed by atoms with Crippen molar-refractivity contribution in [2.24, 2.45) is 5.73 Å². The number of nitrogens with zero attached hydrogens (tertiary/aromatic N) is 1. The first-order valence-electron chi connectivity index (χ1n) is 6.33. The predicted octanol–water partition coefficient (Wildman–Crippen LogP) is 0.0634. The Labute approximate surface area is 122 Å². The van der Waals surface area contributed by atoms with Gasteiger partial charge in [-0.05, 0) is 32.8 Å². The maximum atomic E-state index is 12.3. The predicted molar refractivity (Wildman–Crippen MR) is 73.3 cm³/mol. The van der Waals surface area contributed by atoms with Crippen molar-refractivity contribution in [1.82, 2.24) is 9.29 Å². The molecule has 2 rings (SSSR count). The fourth-order valence-corrected chi connectivity index (χ4v) is 3.28. The Balaban J connectivity index is 2.39. The Morgan fingerprint density at radius 1 is 1.43 bits per heavy atom. The third-order valence-corrected chi connectivity index (χ3v) is 4.92. The molecule has 1 heterocycles. The molecule has 9 heteroatoms. The summed E-state index contributed by atoms with van der Waals surface area (Å²) in [6, 6.07) is 1.10. The first-order valence-corrected chi connectivity index (χ1v) is 7.82. The van der Waals surface area contributed by atoms with Gasteiger partial charge in [-0.15, -0.1) is 0 Å². The van der Waals surface area contributed by atoms with Gasteiger partial charge in [0.05, 0.1) is 0 Å². The van der Waals surface area contributed by atoms with Crippen molar-refractivity contribution in [3.8, 4) is 0 Å². The zero-order chi connectivity index (χ0) is 16.0. The van der Waals surface area contributed by atoms with Crippen LogP contribution in [-0.2, 0) is 14.8 Å². The second-order valence-corrected chi connectivity index (χ2v) is 7.28. The molecule has 0 aromatic carbocycles. The molecular weight excluding hydrogens is 298 g/mol. The number of carbonyl (C=O) groups is 2. The standard InChI is InChI=1S/C12H17N3O5S/c1-12(2,11(13)18)14-21(19,20)8-5-9(10(16)17)15(6-8)7-3-4-7/h5-7,14H,3-4H2,1-2H3,(H2,13,18)(H,16,17). The lowest BCUT2D eigenvalue weighted by Gasteiger charge is -2.21. The van der Waals surface area contributed by atoms with Crippen LogP contribution < -0.4 is 10.5 Å². The average molecular weight is 315 g/mol. The van der Waals surface area contributed by atoms with Crippen LogP contribution in [0.25, 0.3) is 0 Å². The van der Waals surface area contributed by atoms with Crippen LogP contribution >= 0.6 is 0 Å². The molecule has 1 aromatic rings. The van der Waals surface area contributed by atoms with Gasteiger partial charge in [-0.2, -0.15) is 4.72 Å². The SMILES string of the molecule is CC(C)(NS(=O)(=O)c1cc(C(=O)O)n(C2CC2)c1)C(N)=O. The van der Waals surface area contributed by atoms with E-state index in [1.807, 2.05) is 0 Å². The van der Waals surface area contributed by atoms with Crippen molar-refractivity contribution in [3.63, 3.8) is 0 Å². The summed E-state index contributed by atoms with van der Waals surface area (Å²) in [7, 11) is -4.04. The number of nitrogens with one attached hydrogen (secondary N) is 1. The van der Waals surface area contributed by atoms with Gasteiger partial charge in [0.1, 0.15) is 16.1 Å². The maximum absolute atomic E-state index is 12.3. The second kappa shape index (κ2) is 4.85. The third-order valence-electron chi connectivity index (χ3n) is 3.30. The summed E-state index contributed by atoms with van der Waals surface area (Å²) in [5, 5.41) is 9.13. The van der Waals surface area contributed by atoms with E-state index in [0.29, 0.717) is 0 Å². The number of hydrogen-bond donors (Lipinski definition) is 3. The minimum atomic E-state index is -4.04. The molecule has 1 aromatic heterocycles. The summed E-state index contributed by atoms with van der Waals surface area (Å²) < 4.78 is 28.1. The fourth-order valence-electron chi connectivity index (χ4n) is 1.87.